The Labute approximate surface area is 82.9 Å². The maximum atomic E-state index is 3.97. The molecule has 0 spiro atoms. The first kappa shape index (κ1) is 12.3. The third kappa shape index (κ3) is 9.19. The minimum atomic E-state index is 1.03. The lowest BCUT2D eigenvalue weighted by Gasteiger charge is -2.08. The molecule has 76 valence electrons. The fraction of sp³-hybridized carbons (Fsp3) is 0.667. The summed E-state index contributed by atoms with van der Waals surface area (Å²) in [5.41, 5.74) is 2.38. The van der Waals surface area contributed by atoms with Crippen LogP contribution in [0, 0.1) is 0 Å². The highest BCUT2D eigenvalue weighted by molar-refractivity contribution is 4.97. The molecule has 1 N–H and O–H groups in total. The Morgan fingerprint density at radius 1 is 1.15 bits per heavy atom. The third-order valence-electron chi connectivity index (χ3n) is 2.01. The van der Waals surface area contributed by atoms with E-state index in [1.54, 1.807) is 0 Å². The zero-order valence-corrected chi connectivity index (χ0v) is 9.16. The average Bonchev–Trinajstić information content (AvgIpc) is 2.09. The fourth-order valence-corrected chi connectivity index (χ4v) is 1.09. The molecular formula is C12H23N. The summed E-state index contributed by atoms with van der Waals surface area (Å²) in [5, 5.41) is 3.34. The largest absolute Gasteiger partial charge is 0.389 e. The van der Waals surface area contributed by atoms with Gasteiger partial charge >= 0.3 is 0 Å². The summed E-state index contributed by atoms with van der Waals surface area (Å²) in [4.78, 5) is 0. The van der Waals surface area contributed by atoms with Gasteiger partial charge in [0.1, 0.15) is 0 Å². The molecule has 0 aliphatic carbocycles. The number of allylic oxidation sites excluding steroid dienone is 2. The van der Waals surface area contributed by atoms with Crippen LogP contribution in [-0.2, 0) is 0 Å². The summed E-state index contributed by atoms with van der Waals surface area (Å²) < 4.78 is 0. The van der Waals surface area contributed by atoms with Gasteiger partial charge in [0.05, 0.1) is 0 Å². The van der Waals surface area contributed by atoms with Crippen LogP contribution in [0.1, 0.15) is 46.0 Å². The molecule has 0 saturated carbocycles. The van der Waals surface area contributed by atoms with Crippen molar-refractivity contribution in [3.8, 4) is 0 Å². The fourth-order valence-electron chi connectivity index (χ4n) is 1.09. The van der Waals surface area contributed by atoms with Crippen molar-refractivity contribution in [3.63, 3.8) is 0 Å². The lowest BCUT2D eigenvalue weighted by molar-refractivity contribution is 0.652. The van der Waals surface area contributed by atoms with E-state index in [1.807, 2.05) is 0 Å². The minimum absolute atomic E-state index is 1.03. The van der Waals surface area contributed by atoms with Gasteiger partial charge in [0.25, 0.3) is 0 Å². The van der Waals surface area contributed by atoms with Gasteiger partial charge in [0.2, 0.25) is 0 Å². The molecule has 0 aliphatic rings. The molecule has 0 aliphatic heterocycles. The number of hydrogen-bond acceptors (Lipinski definition) is 1. The van der Waals surface area contributed by atoms with Gasteiger partial charge in [0, 0.05) is 12.2 Å². The van der Waals surface area contributed by atoms with Gasteiger partial charge < -0.3 is 5.32 Å². The predicted octanol–water partition coefficient (Wildman–Crippen LogP) is 3.64. The molecule has 0 radical (unpaired) electrons. The van der Waals surface area contributed by atoms with Gasteiger partial charge in [-0.05, 0) is 26.2 Å². The van der Waals surface area contributed by atoms with Crippen LogP contribution in [0.4, 0.5) is 0 Å². The smallest absolute Gasteiger partial charge is 0.0143 e. The highest BCUT2D eigenvalue weighted by Crippen LogP contribution is 2.05. The minimum Gasteiger partial charge on any atom is -0.389 e. The summed E-state index contributed by atoms with van der Waals surface area (Å²) >= 11 is 0. The maximum absolute atomic E-state index is 3.97. The van der Waals surface area contributed by atoms with Crippen LogP contribution in [0.3, 0.4) is 0 Å². The lowest BCUT2D eigenvalue weighted by atomic mass is 10.1. The maximum Gasteiger partial charge on any atom is 0.0143 e. The van der Waals surface area contributed by atoms with Crippen molar-refractivity contribution in [2.45, 2.75) is 46.0 Å². The van der Waals surface area contributed by atoms with Crippen molar-refractivity contribution in [2.24, 2.45) is 0 Å². The Hall–Kier alpha value is -0.720. The zero-order valence-electron chi connectivity index (χ0n) is 9.16. The first-order valence-corrected chi connectivity index (χ1v) is 5.22. The summed E-state index contributed by atoms with van der Waals surface area (Å²) in [6.07, 6.45) is 5.92. The van der Waals surface area contributed by atoms with Crippen LogP contribution in [0.25, 0.3) is 0 Å². The molecular weight excluding hydrogens is 158 g/mol. The summed E-state index contributed by atoms with van der Waals surface area (Å²) in [6, 6.07) is 0. The molecule has 0 bridgehead atoms. The lowest BCUT2D eigenvalue weighted by Crippen LogP contribution is -2.13. The molecule has 0 amide bonds. The van der Waals surface area contributed by atoms with E-state index in [9.17, 15) is 0 Å². The van der Waals surface area contributed by atoms with E-state index >= 15 is 0 Å². The molecule has 0 fully saturated rings. The average molecular weight is 181 g/mol. The van der Waals surface area contributed by atoms with E-state index in [-0.39, 0.29) is 0 Å². The van der Waals surface area contributed by atoms with E-state index in [4.69, 9.17) is 0 Å². The van der Waals surface area contributed by atoms with Crippen LogP contribution in [-0.4, -0.2) is 6.54 Å². The van der Waals surface area contributed by atoms with E-state index in [0.717, 1.165) is 25.1 Å². The quantitative estimate of drug-likeness (QED) is 0.445. The Morgan fingerprint density at radius 3 is 2.38 bits per heavy atom. The second kappa shape index (κ2) is 7.90. The van der Waals surface area contributed by atoms with Crippen molar-refractivity contribution in [1.82, 2.24) is 5.32 Å². The Balaban J connectivity index is 3.25. The van der Waals surface area contributed by atoms with Crippen LogP contribution >= 0.6 is 0 Å². The Bertz CT molecular complexity index is 159. The second-order valence-corrected chi connectivity index (χ2v) is 3.69. The molecule has 1 heteroatoms. The molecule has 0 aromatic heterocycles. The SMILES string of the molecule is C=C(C)CCC(=C)NCCCCC. The highest BCUT2D eigenvalue weighted by Gasteiger charge is 1.93. The molecule has 0 saturated heterocycles. The van der Waals surface area contributed by atoms with Gasteiger partial charge in [-0.25, -0.2) is 0 Å². The number of rotatable bonds is 8. The van der Waals surface area contributed by atoms with E-state index in [1.165, 1.54) is 24.8 Å². The number of nitrogens with one attached hydrogen (secondary N) is 1. The zero-order chi connectivity index (χ0) is 10.1. The molecule has 0 rings (SSSR count). The second-order valence-electron chi connectivity index (χ2n) is 3.69. The van der Waals surface area contributed by atoms with Crippen LogP contribution in [0.5, 0.6) is 0 Å². The summed E-state index contributed by atoms with van der Waals surface area (Å²) in [5.74, 6) is 0. The van der Waals surface area contributed by atoms with E-state index in [0.29, 0.717) is 0 Å². The van der Waals surface area contributed by atoms with Crippen molar-refractivity contribution in [3.05, 3.63) is 24.4 Å². The molecule has 0 atom stereocenters. The molecule has 0 aromatic rings. The van der Waals surface area contributed by atoms with Crippen LogP contribution in [0.15, 0.2) is 24.4 Å². The van der Waals surface area contributed by atoms with Crippen molar-refractivity contribution in [2.75, 3.05) is 6.54 Å². The van der Waals surface area contributed by atoms with Gasteiger partial charge in [-0.2, -0.15) is 0 Å². The third-order valence-corrected chi connectivity index (χ3v) is 2.01. The van der Waals surface area contributed by atoms with Crippen LogP contribution < -0.4 is 5.32 Å². The summed E-state index contributed by atoms with van der Waals surface area (Å²) in [7, 11) is 0. The van der Waals surface area contributed by atoms with Crippen molar-refractivity contribution < 1.29 is 0 Å². The van der Waals surface area contributed by atoms with Crippen molar-refractivity contribution >= 4 is 0 Å². The standard InChI is InChI=1S/C12H23N/c1-5-6-7-10-13-12(4)9-8-11(2)3/h13H,2,4-10H2,1,3H3. The highest BCUT2D eigenvalue weighted by atomic mass is 14.9. The normalized spacial score (nSPS) is 9.69. The number of unbranched alkanes of at least 4 members (excludes halogenated alkanes) is 2. The molecule has 0 aromatic carbocycles. The molecule has 0 heterocycles. The Morgan fingerprint density at radius 2 is 1.85 bits per heavy atom. The Kier molecular flexibility index (Phi) is 7.47. The number of hydrogen-bond donors (Lipinski definition) is 1. The van der Waals surface area contributed by atoms with Gasteiger partial charge in [0.15, 0.2) is 0 Å². The van der Waals surface area contributed by atoms with Gasteiger partial charge in [-0.15, -0.1) is 6.58 Å². The summed E-state index contributed by atoms with van der Waals surface area (Å²) in [6.45, 7) is 13.2. The van der Waals surface area contributed by atoms with E-state index in [2.05, 4.69) is 32.3 Å². The molecule has 1 nitrogen and oxygen atoms in total. The predicted molar refractivity (Wildman–Crippen MR) is 60.7 cm³/mol. The van der Waals surface area contributed by atoms with Crippen LogP contribution in [0.2, 0.25) is 0 Å². The first-order valence-electron chi connectivity index (χ1n) is 5.22. The van der Waals surface area contributed by atoms with Gasteiger partial charge in [-0.1, -0.05) is 31.9 Å². The van der Waals surface area contributed by atoms with Gasteiger partial charge in [-0.3, -0.25) is 0 Å². The molecule has 13 heavy (non-hydrogen) atoms. The van der Waals surface area contributed by atoms with E-state index < -0.39 is 0 Å². The van der Waals surface area contributed by atoms with Crippen molar-refractivity contribution in [1.29, 1.82) is 0 Å². The molecule has 0 unspecified atom stereocenters. The topological polar surface area (TPSA) is 12.0 Å². The first-order chi connectivity index (χ1) is 6.16. The monoisotopic (exact) mass is 181 g/mol.